The molecule has 0 atom stereocenters. The van der Waals surface area contributed by atoms with Gasteiger partial charge < -0.3 is 23.7 Å². The number of carbonyl (C=O) groups excluding carboxylic acids is 3. The van der Waals surface area contributed by atoms with Crippen LogP contribution in [0.1, 0.15) is 19.4 Å². The number of halogens is 1. The van der Waals surface area contributed by atoms with Crippen molar-refractivity contribution in [2.75, 3.05) is 20.8 Å². The largest absolute Gasteiger partial charge is 0.493 e. The Labute approximate surface area is 163 Å². The molecule has 1 heterocycles. The predicted molar refractivity (Wildman–Crippen MR) is 97.5 cm³/mol. The van der Waals surface area contributed by atoms with Crippen LogP contribution < -0.4 is 9.47 Å². The van der Waals surface area contributed by atoms with Crippen LogP contribution in [-0.4, -0.2) is 44.5 Å². The fourth-order valence-corrected chi connectivity index (χ4v) is 2.88. The summed E-state index contributed by atoms with van der Waals surface area (Å²) in [4.78, 5) is 35.3. The zero-order valence-electron chi connectivity index (χ0n) is 14.6. The quantitative estimate of drug-likeness (QED) is 0.276. The lowest BCUT2D eigenvalue weighted by Gasteiger charge is -2.29. The van der Waals surface area contributed by atoms with E-state index in [-0.39, 0.29) is 12.2 Å². The maximum absolute atomic E-state index is 12.0. The van der Waals surface area contributed by atoms with Gasteiger partial charge in [-0.15, -0.1) is 0 Å². The number of hydrogen-bond acceptors (Lipinski definition) is 8. The molecule has 9 heteroatoms. The first kappa shape index (κ1) is 20.0. The summed E-state index contributed by atoms with van der Waals surface area (Å²) in [6, 6.07) is 3.21. The van der Waals surface area contributed by atoms with Gasteiger partial charge in [-0.2, -0.15) is 0 Å². The molecule has 0 N–H and O–H groups in total. The van der Waals surface area contributed by atoms with Gasteiger partial charge >= 0.3 is 17.9 Å². The second-order valence-electron chi connectivity index (χ2n) is 5.64. The first-order valence-electron chi connectivity index (χ1n) is 7.42. The highest BCUT2D eigenvalue weighted by Gasteiger charge is 2.38. The molecule has 0 spiro atoms. The Balaban J connectivity index is 2.34. The van der Waals surface area contributed by atoms with Crippen molar-refractivity contribution in [2.24, 2.45) is 0 Å². The second kappa shape index (κ2) is 7.94. The number of esters is 3. The third-order valence-electron chi connectivity index (χ3n) is 3.24. The molecule has 0 amide bonds. The number of carbonyl (C=O) groups is 3. The van der Waals surface area contributed by atoms with E-state index in [1.807, 2.05) is 22.6 Å². The van der Waals surface area contributed by atoms with Crippen molar-refractivity contribution in [2.45, 2.75) is 19.6 Å². The molecule has 1 aliphatic rings. The Bertz CT molecular complexity index is 759. The molecule has 0 unspecified atom stereocenters. The summed E-state index contributed by atoms with van der Waals surface area (Å²) in [5, 5.41) is 0. The van der Waals surface area contributed by atoms with E-state index in [2.05, 4.69) is 4.74 Å². The van der Waals surface area contributed by atoms with E-state index >= 15 is 0 Å². The monoisotopic (exact) mass is 476 g/mol. The summed E-state index contributed by atoms with van der Waals surface area (Å²) in [7, 11) is 2.69. The molecule has 1 aliphatic heterocycles. The van der Waals surface area contributed by atoms with Crippen molar-refractivity contribution in [3.8, 4) is 11.5 Å². The van der Waals surface area contributed by atoms with Crippen LogP contribution >= 0.6 is 22.6 Å². The number of ether oxygens (including phenoxy) is 5. The van der Waals surface area contributed by atoms with Crippen LogP contribution in [0.2, 0.25) is 0 Å². The van der Waals surface area contributed by atoms with E-state index < -0.39 is 23.7 Å². The fraction of sp³-hybridized carbons (Fsp3) is 0.353. The number of benzene rings is 1. The highest BCUT2D eigenvalue weighted by molar-refractivity contribution is 14.1. The molecule has 26 heavy (non-hydrogen) atoms. The van der Waals surface area contributed by atoms with Crippen LogP contribution in [0.25, 0.3) is 6.08 Å². The lowest BCUT2D eigenvalue weighted by atomic mass is 10.1. The Morgan fingerprint density at radius 3 is 2.35 bits per heavy atom. The number of cyclic esters (lactones) is 2. The zero-order chi connectivity index (χ0) is 19.5. The zero-order valence-corrected chi connectivity index (χ0v) is 16.7. The lowest BCUT2D eigenvalue weighted by molar-refractivity contribution is -0.222. The van der Waals surface area contributed by atoms with Gasteiger partial charge in [0, 0.05) is 13.8 Å². The fourth-order valence-electron chi connectivity index (χ4n) is 2.10. The minimum atomic E-state index is -1.30. The second-order valence-corrected chi connectivity index (χ2v) is 6.80. The van der Waals surface area contributed by atoms with E-state index in [1.54, 1.807) is 12.1 Å². The van der Waals surface area contributed by atoms with Crippen molar-refractivity contribution >= 4 is 46.6 Å². The van der Waals surface area contributed by atoms with Gasteiger partial charge in [-0.25, -0.2) is 14.4 Å². The van der Waals surface area contributed by atoms with Crippen molar-refractivity contribution in [1.29, 1.82) is 0 Å². The minimum Gasteiger partial charge on any atom is -0.493 e. The van der Waals surface area contributed by atoms with Gasteiger partial charge in [0.15, 0.2) is 18.1 Å². The molecule has 1 saturated heterocycles. The highest BCUT2D eigenvalue weighted by atomic mass is 127. The topological polar surface area (TPSA) is 97.4 Å². The van der Waals surface area contributed by atoms with Crippen LogP contribution in [0.4, 0.5) is 0 Å². The standard InChI is InChI=1S/C17H17IO8/c1-17(2)25-15(20)10(16(21)26-17)5-9-6-11(18)14(12(7-9)22-3)24-8-13(19)23-4/h5-7H,8H2,1-4H3. The summed E-state index contributed by atoms with van der Waals surface area (Å²) in [5.41, 5.74) is 0.269. The first-order chi connectivity index (χ1) is 12.2. The maximum Gasteiger partial charge on any atom is 0.348 e. The number of methoxy groups -OCH3 is 2. The Hall–Kier alpha value is -2.30. The Morgan fingerprint density at radius 1 is 1.19 bits per heavy atom. The Morgan fingerprint density at radius 2 is 1.81 bits per heavy atom. The third kappa shape index (κ3) is 4.65. The molecular weight excluding hydrogens is 459 g/mol. The molecule has 1 aromatic rings. The highest BCUT2D eigenvalue weighted by Crippen LogP contribution is 2.35. The van der Waals surface area contributed by atoms with Crippen LogP contribution in [0.5, 0.6) is 11.5 Å². The number of rotatable bonds is 5. The van der Waals surface area contributed by atoms with Gasteiger partial charge in [0.2, 0.25) is 0 Å². The molecule has 1 aromatic carbocycles. The first-order valence-corrected chi connectivity index (χ1v) is 8.50. The summed E-state index contributed by atoms with van der Waals surface area (Å²) < 4.78 is 25.9. The molecule has 1 fully saturated rings. The molecule has 140 valence electrons. The van der Waals surface area contributed by atoms with Gasteiger partial charge in [-0.1, -0.05) is 0 Å². The Kier molecular flexibility index (Phi) is 6.11. The van der Waals surface area contributed by atoms with E-state index in [0.717, 1.165) is 0 Å². The van der Waals surface area contributed by atoms with Crippen LogP contribution in [0.3, 0.4) is 0 Å². The molecule has 0 bridgehead atoms. The van der Waals surface area contributed by atoms with Gasteiger partial charge in [0.25, 0.3) is 5.79 Å². The smallest absolute Gasteiger partial charge is 0.348 e. The lowest BCUT2D eigenvalue weighted by Crippen LogP contribution is -2.41. The van der Waals surface area contributed by atoms with Gasteiger partial charge in [-0.05, 0) is 46.4 Å². The molecular formula is C17H17IO8. The molecule has 0 radical (unpaired) electrons. The van der Waals surface area contributed by atoms with E-state index in [0.29, 0.717) is 20.6 Å². The summed E-state index contributed by atoms with van der Waals surface area (Å²) in [6.07, 6.45) is 1.34. The summed E-state index contributed by atoms with van der Waals surface area (Å²) >= 11 is 1.99. The van der Waals surface area contributed by atoms with Gasteiger partial charge in [-0.3, -0.25) is 0 Å². The van der Waals surface area contributed by atoms with E-state index in [9.17, 15) is 14.4 Å². The van der Waals surface area contributed by atoms with E-state index in [4.69, 9.17) is 18.9 Å². The molecule has 0 aromatic heterocycles. The third-order valence-corrected chi connectivity index (χ3v) is 4.04. The molecule has 0 saturated carbocycles. The van der Waals surface area contributed by atoms with Crippen LogP contribution in [-0.2, 0) is 28.6 Å². The van der Waals surface area contributed by atoms with Crippen molar-refractivity contribution in [1.82, 2.24) is 0 Å². The minimum absolute atomic E-state index is 0.231. The van der Waals surface area contributed by atoms with Crippen LogP contribution in [0.15, 0.2) is 17.7 Å². The maximum atomic E-state index is 12.0. The molecule has 0 aliphatic carbocycles. The average Bonchev–Trinajstić information content (AvgIpc) is 2.55. The van der Waals surface area contributed by atoms with Crippen LogP contribution in [0, 0.1) is 3.57 Å². The summed E-state index contributed by atoms with van der Waals surface area (Å²) in [5.74, 6) is -2.72. The van der Waals surface area contributed by atoms with Crippen molar-refractivity contribution in [3.63, 3.8) is 0 Å². The summed E-state index contributed by atoms with van der Waals surface area (Å²) in [6.45, 7) is 2.66. The molecule has 8 nitrogen and oxygen atoms in total. The van der Waals surface area contributed by atoms with Gasteiger partial charge in [0.05, 0.1) is 17.8 Å². The SMILES string of the molecule is COC(=O)COc1c(I)cc(C=C2C(=O)OC(C)(C)OC2=O)cc1OC. The van der Waals surface area contributed by atoms with Gasteiger partial charge in [0.1, 0.15) is 5.57 Å². The number of hydrogen-bond donors (Lipinski definition) is 0. The van der Waals surface area contributed by atoms with E-state index in [1.165, 1.54) is 34.1 Å². The molecule has 2 rings (SSSR count). The normalized spacial score (nSPS) is 15.7. The van der Waals surface area contributed by atoms with Crippen molar-refractivity contribution < 1.29 is 38.1 Å². The predicted octanol–water partition coefficient (Wildman–Crippen LogP) is 2.07. The van der Waals surface area contributed by atoms with Crippen molar-refractivity contribution in [3.05, 3.63) is 26.8 Å². The average molecular weight is 476 g/mol.